The van der Waals surface area contributed by atoms with Crippen LogP contribution in [0.4, 0.5) is 0 Å². The van der Waals surface area contributed by atoms with Crippen LogP contribution in [-0.4, -0.2) is 106 Å². The van der Waals surface area contributed by atoms with Crippen molar-refractivity contribution < 1.29 is 58.9 Å². The molecular formula is C25H36N2O12. The van der Waals surface area contributed by atoms with Gasteiger partial charge >= 0.3 is 11.9 Å². The van der Waals surface area contributed by atoms with Gasteiger partial charge in [0.1, 0.15) is 37.1 Å². The number of aliphatic carboxylic acids is 1. The van der Waals surface area contributed by atoms with Gasteiger partial charge in [-0.1, -0.05) is 30.3 Å². The van der Waals surface area contributed by atoms with E-state index in [4.69, 9.17) is 19.3 Å². The zero-order valence-corrected chi connectivity index (χ0v) is 21.3. The third-order valence-corrected chi connectivity index (χ3v) is 5.84. The molecule has 14 nitrogen and oxygen atoms in total. The van der Waals surface area contributed by atoms with Gasteiger partial charge in [0.2, 0.25) is 11.8 Å². The molecule has 0 radical (unpaired) electrons. The Morgan fingerprint density at radius 1 is 0.974 bits per heavy atom. The van der Waals surface area contributed by atoms with E-state index in [2.05, 4.69) is 10.6 Å². The molecule has 6 atom stereocenters. The number of aliphatic hydroxyl groups is 4. The second-order valence-corrected chi connectivity index (χ2v) is 8.93. The molecule has 0 unspecified atom stereocenters. The molecule has 218 valence electrons. The van der Waals surface area contributed by atoms with E-state index in [0.29, 0.717) is 12.8 Å². The number of unbranched alkanes of at least 4 members (excludes halogenated alkanes) is 1. The highest BCUT2D eigenvalue weighted by Crippen LogP contribution is 2.21. The first kappa shape index (κ1) is 32.1. The summed E-state index contributed by atoms with van der Waals surface area (Å²) in [5.74, 6) is -3.07. The number of rotatable bonds is 16. The number of carbonyl (C=O) groups excluding carboxylic acids is 3. The molecule has 1 fully saturated rings. The number of hydrogen-bond donors (Lipinski definition) is 7. The van der Waals surface area contributed by atoms with Crippen molar-refractivity contribution in [2.75, 3.05) is 19.8 Å². The minimum Gasteiger partial charge on any atom is -0.481 e. The van der Waals surface area contributed by atoms with Crippen molar-refractivity contribution in [3.8, 4) is 0 Å². The van der Waals surface area contributed by atoms with Crippen LogP contribution in [0.5, 0.6) is 0 Å². The van der Waals surface area contributed by atoms with Crippen molar-refractivity contribution in [1.82, 2.24) is 10.6 Å². The van der Waals surface area contributed by atoms with Gasteiger partial charge in [0.05, 0.1) is 19.6 Å². The molecule has 0 aromatic heterocycles. The third-order valence-electron chi connectivity index (χ3n) is 5.84. The Bertz CT molecular complexity index is 929. The van der Waals surface area contributed by atoms with Crippen LogP contribution in [0.2, 0.25) is 0 Å². The number of ether oxygens (including phenoxy) is 3. The lowest BCUT2D eigenvalue weighted by atomic mass is 9.99. The molecule has 7 N–H and O–H groups in total. The standard InChI is InChI=1S/C25H36N2O12/c28-13-17-21(33)22(34)23(35)25(39-17)37-11-10-26-24(36)16(12-19(30)31)27-18(29)8-4-5-9-20(32)38-14-15-6-2-1-3-7-15/h1-3,6-7,16-17,21-23,25,28,33-35H,4-5,8-14H2,(H,26,36)(H,27,29)(H,30,31)/t16-,17+,21+,22-,23-,25-/m0/s1. The summed E-state index contributed by atoms with van der Waals surface area (Å²) < 4.78 is 15.6. The molecule has 1 saturated heterocycles. The van der Waals surface area contributed by atoms with Crippen LogP contribution in [-0.2, 0) is 40.0 Å². The van der Waals surface area contributed by atoms with Gasteiger partial charge in [-0.2, -0.15) is 0 Å². The Hall–Kier alpha value is -3.14. The highest BCUT2D eigenvalue weighted by molar-refractivity contribution is 5.90. The smallest absolute Gasteiger partial charge is 0.306 e. The van der Waals surface area contributed by atoms with Crippen LogP contribution in [0, 0.1) is 0 Å². The van der Waals surface area contributed by atoms with Crippen molar-refractivity contribution in [2.24, 2.45) is 0 Å². The van der Waals surface area contributed by atoms with E-state index in [-0.39, 0.29) is 32.6 Å². The second kappa shape index (κ2) is 16.7. The summed E-state index contributed by atoms with van der Waals surface area (Å²) in [5.41, 5.74) is 0.855. The van der Waals surface area contributed by atoms with E-state index in [0.717, 1.165) is 5.56 Å². The Morgan fingerprint density at radius 2 is 1.67 bits per heavy atom. The minimum absolute atomic E-state index is 0.0322. The lowest BCUT2D eigenvalue weighted by molar-refractivity contribution is -0.300. The summed E-state index contributed by atoms with van der Waals surface area (Å²) >= 11 is 0. The fourth-order valence-electron chi connectivity index (χ4n) is 3.69. The third kappa shape index (κ3) is 11.2. The van der Waals surface area contributed by atoms with Crippen LogP contribution >= 0.6 is 0 Å². The normalized spacial score (nSPS) is 23.4. The Kier molecular flexibility index (Phi) is 13.8. The molecule has 1 heterocycles. The van der Waals surface area contributed by atoms with Crippen LogP contribution in [0.25, 0.3) is 0 Å². The minimum atomic E-state index is -1.62. The van der Waals surface area contributed by atoms with E-state index in [1.54, 1.807) is 0 Å². The predicted octanol–water partition coefficient (Wildman–Crippen LogP) is -1.82. The number of benzene rings is 1. The molecule has 1 aliphatic heterocycles. The van der Waals surface area contributed by atoms with Crippen LogP contribution in [0.3, 0.4) is 0 Å². The Balaban J connectivity index is 1.68. The first-order chi connectivity index (χ1) is 18.6. The average molecular weight is 557 g/mol. The molecule has 0 aliphatic carbocycles. The highest BCUT2D eigenvalue weighted by atomic mass is 16.7. The number of carboxylic acids is 1. The summed E-state index contributed by atoms with van der Waals surface area (Å²) in [7, 11) is 0. The maximum atomic E-state index is 12.4. The summed E-state index contributed by atoms with van der Waals surface area (Å²) in [5, 5.41) is 52.5. The zero-order valence-electron chi connectivity index (χ0n) is 21.3. The lowest BCUT2D eigenvalue weighted by Crippen LogP contribution is -2.59. The molecule has 0 saturated carbocycles. The first-order valence-electron chi connectivity index (χ1n) is 12.5. The molecular weight excluding hydrogens is 520 g/mol. The number of aliphatic hydroxyl groups excluding tert-OH is 4. The molecule has 14 heteroatoms. The summed E-state index contributed by atoms with van der Waals surface area (Å²) in [6.45, 7) is -0.871. The molecule has 2 amide bonds. The van der Waals surface area contributed by atoms with E-state index in [1.807, 2.05) is 30.3 Å². The number of carbonyl (C=O) groups is 4. The molecule has 39 heavy (non-hydrogen) atoms. The fraction of sp³-hybridized carbons (Fsp3) is 0.600. The number of hydrogen-bond acceptors (Lipinski definition) is 11. The molecule has 2 rings (SSSR count). The molecule has 1 aliphatic rings. The predicted molar refractivity (Wildman–Crippen MR) is 132 cm³/mol. The quantitative estimate of drug-likeness (QED) is 0.0884. The van der Waals surface area contributed by atoms with Crippen LogP contribution in [0.15, 0.2) is 30.3 Å². The van der Waals surface area contributed by atoms with E-state index >= 15 is 0 Å². The summed E-state index contributed by atoms with van der Waals surface area (Å²) in [6.07, 6.45) is -7.22. The summed E-state index contributed by atoms with van der Waals surface area (Å²) in [6, 6.07) is 7.81. The maximum Gasteiger partial charge on any atom is 0.306 e. The molecule has 0 bridgehead atoms. The van der Waals surface area contributed by atoms with Gasteiger partial charge in [0.15, 0.2) is 6.29 Å². The Labute approximate surface area is 224 Å². The van der Waals surface area contributed by atoms with Crippen LogP contribution < -0.4 is 10.6 Å². The number of amides is 2. The average Bonchev–Trinajstić information content (AvgIpc) is 2.92. The van der Waals surface area contributed by atoms with Crippen molar-refractivity contribution in [3.05, 3.63) is 35.9 Å². The summed E-state index contributed by atoms with van der Waals surface area (Å²) in [4.78, 5) is 47.7. The number of nitrogens with one attached hydrogen (secondary N) is 2. The Morgan fingerprint density at radius 3 is 2.33 bits per heavy atom. The lowest BCUT2D eigenvalue weighted by Gasteiger charge is -2.39. The molecule has 1 aromatic carbocycles. The van der Waals surface area contributed by atoms with Gasteiger partial charge in [-0.3, -0.25) is 19.2 Å². The SMILES string of the molecule is O=C(O)C[C@H](NC(=O)CCCCC(=O)OCc1ccccc1)C(=O)NCCO[C@H]1O[C@H](CO)[C@@H](O)[C@H](O)[C@@H]1O. The number of carboxylic acid groups (broad SMARTS) is 1. The van der Waals surface area contributed by atoms with E-state index in [9.17, 15) is 39.6 Å². The zero-order chi connectivity index (χ0) is 28.8. The van der Waals surface area contributed by atoms with Gasteiger partial charge in [-0.15, -0.1) is 0 Å². The van der Waals surface area contributed by atoms with Crippen molar-refractivity contribution in [1.29, 1.82) is 0 Å². The van der Waals surface area contributed by atoms with Gasteiger partial charge in [0, 0.05) is 19.4 Å². The van der Waals surface area contributed by atoms with Gasteiger partial charge in [0.25, 0.3) is 0 Å². The highest BCUT2D eigenvalue weighted by Gasteiger charge is 2.43. The van der Waals surface area contributed by atoms with Gasteiger partial charge < -0.3 is 50.4 Å². The number of esters is 1. The van der Waals surface area contributed by atoms with E-state index < -0.39 is 73.5 Å². The topological polar surface area (TPSA) is 221 Å². The van der Waals surface area contributed by atoms with Crippen LogP contribution in [0.1, 0.15) is 37.7 Å². The molecule has 1 aromatic rings. The maximum absolute atomic E-state index is 12.4. The monoisotopic (exact) mass is 556 g/mol. The van der Waals surface area contributed by atoms with Crippen molar-refractivity contribution in [2.45, 2.75) is 75.5 Å². The van der Waals surface area contributed by atoms with Crippen molar-refractivity contribution in [3.63, 3.8) is 0 Å². The first-order valence-corrected chi connectivity index (χ1v) is 12.5. The second-order valence-electron chi connectivity index (χ2n) is 8.93. The van der Waals surface area contributed by atoms with Gasteiger partial charge in [-0.05, 0) is 18.4 Å². The van der Waals surface area contributed by atoms with E-state index in [1.165, 1.54) is 0 Å². The fourth-order valence-corrected chi connectivity index (χ4v) is 3.69. The van der Waals surface area contributed by atoms with Gasteiger partial charge in [-0.25, -0.2) is 0 Å². The largest absolute Gasteiger partial charge is 0.481 e. The molecule has 0 spiro atoms. The van der Waals surface area contributed by atoms with Crippen molar-refractivity contribution >= 4 is 23.8 Å².